The third-order valence-corrected chi connectivity index (χ3v) is 1.15. The predicted octanol–water partition coefficient (Wildman–Crippen LogP) is -0.548. The molecular formula is C5H4N6. The Morgan fingerprint density at radius 3 is 2.82 bits per heavy atom. The molecule has 6 heteroatoms. The Balaban J connectivity index is 2.46. The van der Waals surface area contributed by atoms with Gasteiger partial charge in [-0.05, 0) is 5.21 Å². The second-order valence-electron chi connectivity index (χ2n) is 1.83. The van der Waals surface area contributed by atoms with Crippen LogP contribution in [-0.2, 0) is 0 Å². The van der Waals surface area contributed by atoms with E-state index in [9.17, 15) is 0 Å². The SMILES string of the molecule is c1cc(-n2ccnn2)nnn1. The first-order valence-electron chi connectivity index (χ1n) is 2.98. The monoisotopic (exact) mass is 148 g/mol. The average Bonchev–Trinajstić information content (AvgIpc) is 2.58. The van der Waals surface area contributed by atoms with E-state index < -0.39 is 0 Å². The van der Waals surface area contributed by atoms with Gasteiger partial charge in [-0.15, -0.1) is 15.3 Å². The molecule has 0 aromatic carbocycles. The second-order valence-corrected chi connectivity index (χ2v) is 1.83. The Morgan fingerprint density at radius 1 is 1.18 bits per heavy atom. The molecule has 0 unspecified atom stereocenters. The molecule has 0 aliphatic rings. The summed E-state index contributed by atoms with van der Waals surface area (Å²) in [4.78, 5) is 0. The largest absolute Gasteiger partial charge is 0.200 e. The van der Waals surface area contributed by atoms with Crippen LogP contribution in [0.3, 0.4) is 0 Å². The topological polar surface area (TPSA) is 69.4 Å². The highest BCUT2D eigenvalue weighted by atomic mass is 15.5. The van der Waals surface area contributed by atoms with Crippen molar-refractivity contribution in [2.75, 3.05) is 0 Å². The molecule has 0 fully saturated rings. The molecule has 54 valence electrons. The molecule has 0 atom stereocenters. The van der Waals surface area contributed by atoms with Crippen LogP contribution in [0.5, 0.6) is 0 Å². The second kappa shape index (κ2) is 2.41. The lowest BCUT2D eigenvalue weighted by Crippen LogP contribution is -2.00. The summed E-state index contributed by atoms with van der Waals surface area (Å²) in [6.45, 7) is 0. The standard InChI is InChI=1S/C5H4N6/c1-2-6-9-8-5(1)11-4-3-7-10-11/h1-4H. The van der Waals surface area contributed by atoms with Gasteiger partial charge in [-0.3, -0.25) is 0 Å². The lowest BCUT2D eigenvalue weighted by Gasteiger charge is -1.92. The van der Waals surface area contributed by atoms with Crippen molar-refractivity contribution in [2.45, 2.75) is 0 Å². The molecule has 2 aromatic rings. The number of nitrogens with zero attached hydrogens (tertiary/aromatic N) is 6. The highest BCUT2D eigenvalue weighted by molar-refractivity contribution is 5.13. The molecule has 0 bridgehead atoms. The van der Waals surface area contributed by atoms with E-state index in [4.69, 9.17) is 0 Å². The Hall–Kier alpha value is -1.85. The van der Waals surface area contributed by atoms with Crippen molar-refractivity contribution in [1.29, 1.82) is 0 Å². The number of hydrogen-bond acceptors (Lipinski definition) is 5. The molecule has 0 saturated carbocycles. The molecule has 0 spiro atoms. The van der Waals surface area contributed by atoms with E-state index in [2.05, 4.69) is 25.7 Å². The van der Waals surface area contributed by atoms with Gasteiger partial charge in [0.2, 0.25) is 0 Å². The van der Waals surface area contributed by atoms with Crippen molar-refractivity contribution >= 4 is 0 Å². The summed E-state index contributed by atoms with van der Waals surface area (Å²) in [5.74, 6) is 0.609. The summed E-state index contributed by atoms with van der Waals surface area (Å²) in [6, 6.07) is 1.70. The third-order valence-electron chi connectivity index (χ3n) is 1.15. The molecule has 2 rings (SSSR count). The van der Waals surface area contributed by atoms with Crippen LogP contribution in [0, 0.1) is 0 Å². The fraction of sp³-hybridized carbons (Fsp3) is 0. The Bertz CT molecular complexity index is 314. The van der Waals surface area contributed by atoms with Crippen LogP contribution in [-0.4, -0.2) is 30.4 Å². The van der Waals surface area contributed by atoms with E-state index in [0.29, 0.717) is 5.82 Å². The molecule has 2 aromatic heterocycles. The zero-order valence-electron chi connectivity index (χ0n) is 5.49. The van der Waals surface area contributed by atoms with Crippen molar-refractivity contribution in [1.82, 2.24) is 30.4 Å². The van der Waals surface area contributed by atoms with E-state index in [0.717, 1.165) is 0 Å². The van der Waals surface area contributed by atoms with E-state index in [1.807, 2.05) is 0 Å². The van der Waals surface area contributed by atoms with Crippen molar-refractivity contribution in [2.24, 2.45) is 0 Å². The summed E-state index contributed by atoms with van der Waals surface area (Å²) < 4.78 is 1.51. The molecule has 0 radical (unpaired) electrons. The lowest BCUT2D eigenvalue weighted by molar-refractivity contribution is 0.736. The quantitative estimate of drug-likeness (QED) is 0.542. The predicted molar refractivity (Wildman–Crippen MR) is 34.7 cm³/mol. The smallest absolute Gasteiger partial charge is 0.180 e. The Labute approximate surface area is 61.9 Å². The van der Waals surface area contributed by atoms with Crippen LogP contribution in [0.1, 0.15) is 0 Å². The minimum absolute atomic E-state index is 0.609. The van der Waals surface area contributed by atoms with Crippen LogP contribution in [0.4, 0.5) is 0 Å². The fourth-order valence-electron chi connectivity index (χ4n) is 0.687. The van der Waals surface area contributed by atoms with Gasteiger partial charge in [0.05, 0.1) is 18.6 Å². The van der Waals surface area contributed by atoms with Gasteiger partial charge >= 0.3 is 0 Å². The minimum atomic E-state index is 0.609. The molecule has 0 amide bonds. The Kier molecular flexibility index (Phi) is 1.29. The molecule has 6 nitrogen and oxygen atoms in total. The average molecular weight is 148 g/mol. The van der Waals surface area contributed by atoms with E-state index in [-0.39, 0.29) is 0 Å². The molecular weight excluding hydrogens is 144 g/mol. The van der Waals surface area contributed by atoms with E-state index >= 15 is 0 Å². The van der Waals surface area contributed by atoms with Crippen LogP contribution in [0.25, 0.3) is 5.82 Å². The summed E-state index contributed by atoms with van der Waals surface area (Å²) in [5, 5.41) is 18.1. The molecule has 0 aliphatic carbocycles. The third kappa shape index (κ3) is 1.05. The van der Waals surface area contributed by atoms with Crippen LogP contribution in [0.15, 0.2) is 24.7 Å². The number of hydrogen-bond donors (Lipinski definition) is 0. The van der Waals surface area contributed by atoms with Crippen molar-refractivity contribution in [3.8, 4) is 5.82 Å². The van der Waals surface area contributed by atoms with Gasteiger partial charge in [0.25, 0.3) is 0 Å². The first kappa shape index (κ1) is 5.90. The highest BCUT2D eigenvalue weighted by Gasteiger charge is 1.95. The maximum absolute atomic E-state index is 3.72. The maximum atomic E-state index is 3.72. The Morgan fingerprint density at radius 2 is 2.18 bits per heavy atom. The fourth-order valence-corrected chi connectivity index (χ4v) is 0.687. The first-order chi connectivity index (χ1) is 5.47. The normalized spacial score (nSPS) is 9.82. The molecule has 0 N–H and O–H groups in total. The van der Waals surface area contributed by atoms with Gasteiger partial charge in [0, 0.05) is 6.07 Å². The summed E-state index contributed by atoms with van der Waals surface area (Å²) in [5.41, 5.74) is 0. The van der Waals surface area contributed by atoms with E-state index in [1.54, 1.807) is 24.7 Å². The van der Waals surface area contributed by atoms with Crippen molar-refractivity contribution in [3.63, 3.8) is 0 Å². The molecule has 11 heavy (non-hydrogen) atoms. The minimum Gasteiger partial charge on any atom is -0.200 e. The molecule has 0 saturated heterocycles. The van der Waals surface area contributed by atoms with Gasteiger partial charge < -0.3 is 0 Å². The summed E-state index contributed by atoms with van der Waals surface area (Å²) in [6.07, 6.45) is 4.80. The van der Waals surface area contributed by atoms with Gasteiger partial charge in [-0.1, -0.05) is 5.21 Å². The van der Waals surface area contributed by atoms with Crippen molar-refractivity contribution < 1.29 is 0 Å². The zero-order chi connectivity index (χ0) is 7.52. The van der Waals surface area contributed by atoms with Crippen LogP contribution in [0.2, 0.25) is 0 Å². The van der Waals surface area contributed by atoms with Crippen LogP contribution >= 0.6 is 0 Å². The van der Waals surface area contributed by atoms with Gasteiger partial charge in [0.15, 0.2) is 5.82 Å². The highest BCUT2D eigenvalue weighted by Crippen LogP contribution is 1.94. The van der Waals surface area contributed by atoms with E-state index in [1.165, 1.54) is 4.68 Å². The molecule has 0 aliphatic heterocycles. The maximum Gasteiger partial charge on any atom is 0.180 e. The van der Waals surface area contributed by atoms with Gasteiger partial charge in [0.1, 0.15) is 0 Å². The summed E-state index contributed by atoms with van der Waals surface area (Å²) in [7, 11) is 0. The van der Waals surface area contributed by atoms with Crippen molar-refractivity contribution in [3.05, 3.63) is 24.7 Å². The molecule has 2 heterocycles. The lowest BCUT2D eigenvalue weighted by atomic mass is 10.6. The number of rotatable bonds is 1. The zero-order valence-corrected chi connectivity index (χ0v) is 5.49. The first-order valence-corrected chi connectivity index (χ1v) is 2.98. The summed E-state index contributed by atoms with van der Waals surface area (Å²) >= 11 is 0. The number of aromatic nitrogens is 6. The van der Waals surface area contributed by atoms with Gasteiger partial charge in [-0.25, -0.2) is 4.68 Å². The van der Waals surface area contributed by atoms with Gasteiger partial charge in [-0.2, -0.15) is 0 Å². The van der Waals surface area contributed by atoms with Crippen LogP contribution < -0.4 is 0 Å².